The number of aliphatic imine (C=N–C) groups is 1. The molecular formula is C24H28N4O3. The lowest BCUT2D eigenvalue weighted by Gasteiger charge is -2.29. The Labute approximate surface area is 182 Å². The number of benzene rings is 2. The van der Waals surface area contributed by atoms with Crippen molar-refractivity contribution >= 4 is 28.5 Å². The molecule has 1 amide bonds. The summed E-state index contributed by atoms with van der Waals surface area (Å²) >= 11 is 0. The van der Waals surface area contributed by atoms with E-state index in [0.29, 0.717) is 13.1 Å². The molecule has 1 unspecified atom stereocenters. The molecule has 7 nitrogen and oxygen atoms in total. The Balaban J connectivity index is 1.36. The van der Waals surface area contributed by atoms with E-state index in [0.717, 1.165) is 47.1 Å². The van der Waals surface area contributed by atoms with Crippen LogP contribution in [-0.2, 0) is 4.79 Å². The molecular weight excluding hydrogens is 392 g/mol. The minimum absolute atomic E-state index is 0.0220. The van der Waals surface area contributed by atoms with E-state index in [1.807, 2.05) is 62.4 Å². The van der Waals surface area contributed by atoms with Gasteiger partial charge >= 0.3 is 0 Å². The van der Waals surface area contributed by atoms with Crippen LogP contribution in [0.2, 0.25) is 0 Å². The number of nitrogens with zero attached hydrogens (tertiary/aromatic N) is 2. The molecule has 4 rings (SSSR count). The van der Waals surface area contributed by atoms with Crippen LogP contribution in [-0.4, -0.2) is 38.1 Å². The molecule has 7 heteroatoms. The van der Waals surface area contributed by atoms with E-state index in [9.17, 15) is 4.79 Å². The number of rotatable bonds is 7. The summed E-state index contributed by atoms with van der Waals surface area (Å²) in [7, 11) is 0. The smallest absolute Gasteiger partial charge is 0.265 e. The van der Waals surface area contributed by atoms with Gasteiger partial charge in [0.15, 0.2) is 12.6 Å². The second-order valence-corrected chi connectivity index (χ2v) is 7.47. The Hall–Kier alpha value is -3.48. The van der Waals surface area contributed by atoms with Crippen molar-refractivity contribution in [3.05, 3.63) is 60.4 Å². The van der Waals surface area contributed by atoms with Crippen molar-refractivity contribution in [2.75, 3.05) is 31.1 Å². The lowest BCUT2D eigenvalue weighted by atomic mass is 10.2. The minimum Gasteiger partial charge on any atom is -0.482 e. The van der Waals surface area contributed by atoms with E-state index in [4.69, 9.17) is 9.15 Å². The molecule has 0 saturated heterocycles. The summed E-state index contributed by atoms with van der Waals surface area (Å²) < 4.78 is 11.5. The highest BCUT2D eigenvalue weighted by Gasteiger charge is 2.24. The normalized spacial score (nSPS) is 14.8. The lowest BCUT2D eigenvalue weighted by molar-refractivity contribution is -0.121. The van der Waals surface area contributed by atoms with Gasteiger partial charge < -0.3 is 24.7 Å². The molecule has 2 N–H and O–H groups in total. The molecule has 1 atom stereocenters. The molecule has 1 aromatic heterocycles. The average molecular weight is 421 g/mol. The minimum atomic E-state index is -0.0297. The van der Waals surface area contributed by atoms with Crippen LogP contribution in [0.1, 0.15) is 32.1 Å². The molecule has 0 fully saturated rings. The molecule has 2 heterocycles. The standard InChI is InChI=1S/C24H28N4O3/c1-3-25-24(27-17(2)22-15-18-9-4-6-11-20(18)31-22)26-13-8-14-28-19-10-5-7-12-21(19)30-16-23(28)29/h4-7,9-12,15,17H,3,8,13-14,16H2,1-2H3,(H2,25,26,27). The fourth-order valence-corrected chi connectivity index (χ4v) is 3.63. The van der Waals surface area contributed by atoms with Crippen LogP contribution in [0, 0.1) is 0 Å². The van der Waals surface area contributed by atoms with Crippen molar-refractivity contribution in [1.82, 2.24) is 10.6 Å². The Morgan fingerprint density at radius 2 is 2.00 bits per heavy atom. The number of carbonyl (C=O) groups is 1. The first-order chi connectivity index (χ1) is 15.2. The maximum absolute atomic E-state index is 12.3. The van der Waals surface area contributed by atoms with Crippen LogP contribution in [0.25, 0.3) is 11.0 Å². The van der Waals surface area contributed by atoms with Gasteiger partial charge in [0.2, 0.25) is 0 Å². The fourth-order valence-electron chi connectivity index (χ4n) is 3.63. The summed E-state index contributed by atoms with van der Waals surface area (Å²) in [4.78, 5) is 18.8. The monoisotopic (exact) mass is 420 g/mol. The summed E-state index contributed by atoms with van der Waals surface area (Å²) in [5.74, 6) is 2.32. The number of para-hydroxylation sites is 3. The van der Waals surface area contributed by atoms with Gasteiger partial charge in [-0.3, -0.25) is 9.79 Å². The third-order valence-electron chi connectivity index (χ3n) is 5.19. The summed E-state index contributed by atoms with van der Waals surface area (Å²) in [6.45, 7) is 6.12. The zero-order chi connectivity index (χ0) is 21.6. The quantitative estimate of drug-likeness (QED) is 0.345. The van der Waals surface area contributed by atoms with Crippen LogP contribution in [0.3, 0.4) is 0 Å². The van der Waals surface area contributed by atoms with Crippen LogP contribution in [0.15, 0.2) is 64.0 Å². The number of fused-ring (bicyclic) bond motifs is 2. The molecule has 1 aliphatic heterocycles. The van der Waals surface area contributed by atoms with Crippen LogP contribution in [0.5, 0.6) is 5.75 Å². The summed E-state index contributed by atoms with van der Waals surface area (Å²) in [5, 5.41) is 7.77. The molecule has 31 heavy (non-hydrogen) atoms. The Bertz CT molecular complexity index is 1040. The van der Waals surface area contributed by atoms with Crippen molar-refractivity contribution in [2.24, 2.45) is 4.99 Å². The molecule has 0 spiro atoms. The van der Waals surface area contributed by atoms with Crippen molar-refractivity contribution < 1.29 is 13.9 Å². The fraction of sp³-hybridized carbons (Fsp3) is 0.333. The van der Waals surface area contributed by atoms with Gasteiger partial charge in [0, 0.05) is 25.0 Å². The summed E-state index contributed by atoms with van der Waals surface area (Å²) in [6.07, 6.45) is 0.746. The SMILES string of the molecule is CCNC(=NCCCN1C(=O)COc2ccccc21)NC(C)c1cc2ccccc2o1. The molecule has 0 saturated carbocycles. The first-order valence-corrected chi connectivity index (χ1v) is 10.7. The topological polar surface area (TPSA) is 79.1 Å². The largest absolute Gasteiger partial charge is 0.482 e. The number of ether oxygens (including phenoxy) is 1. The molecule has 1 aliphatic rings. The van der Waals surface area contributed by atoms with E-state index in [1.54, 1.807) is 4.90 Å². The molecule has 3 aromatic rings. The number of anilines is 1. The number of nitrogens with one attached hydrogen (secondary N) is 2. The predicted molar refractivity (Wildman–Crippen MR) is 123 cm³/mol. The maximum atomic E-state index is 12.3. The first-order valence-electron chi connectivity index (χ1n) is 10.7. The number of furan rings is 1. The average Bonchev–Trinajstić information content (AvgIpc) is 3.22. The number of guanidine groups is 1. The van der Waals surface area contributed by atoms with Gasteiger partial charge in [-0.25, -0.2) is 0 Å². The summed E-state index contributed by atoms with van der Waals surface area (Å²) in [5.41, 5.74) is 1.70. The van der Waals surface area contributed by atoms with Crippen molar-refractivity contribution in [3.8, 4) is 5.75 Å². The Kier molecular flexibility index (Phi) is 6.40. The maximum Gasteiger partial charge on any atom is 0.265 e. The predicted octanol–water partition coefficient (Wildman–Crippen LogP) is 3.86. The third kappa shape index (κ3) is 4.82. The van der Waals surface area contributed by atoms with Crippen LogP contribution >= 0.6 is 0 Å². The van der Waals surface area contributed by atoms with Crippen molar-refractivity contribution in [2.45, 2.75) is 26.3 Å². The number of amides is 1. The highest BCUT2D eigenvalue weighted by atomic mass is 16.5. The molecule has 0 bridgehead atoms. The van der Waals surface area contributed by atoms with Gasteiger partial charge in [-0.15, -0.1) is 0 Å². The Morgan fingerprint density at radius 3 is 2.84 bits per heavy atom. The van der Waals surface area contributed by atoms with Gasteiger partial charge in [0.05, 0.1) is 11.7 Å². The van der Waals surface area contributed by atoms with E-state index in [-0.39, 0.29) is 18.6 Å². The van der Waals surface area contributed by atoms with Gasteiger partial charge in [0.1, 0.15) is 17.1 Å². The van der Waals surface area contributed by atoms with Gasteiger partial charge in [0.25, 0.3) is 5.91 Å². The van der Waals surface area contributed by atoms with Crippen LogP contribution in [0.4, 0.5) is 5.69 Å². The molecule has 0 radical (unpaired) electrons. The third-order valence-corrected chi connectivity index (χ3v) is 5.19. The number of hydrogen-bond donors (Lipinski definition) is 2. The van der Waals surface area contributed by atoms with Gasteiger partial charge in [-0.2, -0.15) is 0 Å². The molecule has 162 valence electrons. The van der Waals surface area contributed by atoms with Crippen molar-refractivity contribution in [3.63, 3.8) is 0 Å². The molecule has 0 aliphatic carbocycles. The lowest BCUT2D eigenvalue weighted by Crippen LogP contribution is -2.40. The Morgan fingerprint density at radius 1 is 1.19 bits per heavy atom. The zero-order valence-electron chi connectivity index (χ0n) is 17.9. The van der Waals surface area contributed by atoms with E-state index < -0.39 is 0 Å². The molecule has 2 aromatic carbocycles. The number of carbonyl (C=O) groups excluding carboxylic acids is 1. The highest BCUT2D eigenvalue weighted by Crippen LogP contribution is 2.31. The second kappa shape index (κ2) is 9.55. The van der Waals surface area contributed by atoms with Crippen molar-refractivity contribution in [1.29, 1.82) is 0 Å². The van der Waals surface area contributed by atoms with E-state index in [1.165, 1.54) is 0 Å². The van der Waals surface area contributed by atoms with Gasteiger partial charge in [-0.1, -0.05) is 30.3 Å². The van der Waals surface area contributed by atoms with Crippen LogP contribution < -0.4 is 20.3 Å². The van der Waals surface area contributed by atoms with E-state index in [2.05, 4.69) is 21.7 Å². The second-order valence-electron chi connectivity index (χ2n) is 7.47. The first kappa shape index (κ1) is 20.8. The van der Waals surface area contributed by atoms with E-state index >= 15 is 0 Å². The zero-order valence-corrected chi connectivity index (χ0v) is 17.9. The van der Waals surface area contributed by atoms with Gasteiger partial charge in [-0.05, 0) is 44.5 Å². The number of hydrogen-bond acceptors (Lipinski definition) is 4. The highest BCUT2D eigenvalue weighted by molar-refractivity contribution is 5.97. The summed E-state index contributed by atoms with van der Waals surface area (Å²) in [6, 6.07) is 17.6.